The van der Waals surface area contributed by atoms with Crippen molar-refractivity contribution in [3.05, 3.63) is 70.8 Å². The quantitative estimate of drug-likeness (QED) is 0.450. The third-order valence-electron chi connectivity index (χ3n) is 5.34. The molecule has 1 aliphatic rings. The van der Waals surface area contributed by atoms with Gasteiger partial charge < -0.3 is 20.9 Å². The first-order valence-electron chi connectivity index (χ1n) is 10.4. The lowest BCUT2D eigenvalue weighted by atomic mass is 10.1. The molecule has 5 heteroatoms. The van der Waals surface area contributed by atoms with Crippen molar-refractivity contribution in [2.75, 3.05) is 30.3 Å². The van der Waals surface area contributed by atoms with Gasteiger partial charge in [-0.3, -0.25) is 0 Å². The van der Waals surface area contributed by atoms with E-state index in [-0.39, 0.29) is 12.4 Å². The van der Waals surface area contributed by atoms with Gasteiger partial charge in [-0.1, -0.05) is 36.6 Å². The van der Waals surface area contributed by atoms with E-state index in [4.69, 9.17) is 0 Å². The molecule has 0 unspecified atom stereocenters. The number of halogens is 1. The van der Waals surface area contributed by atoms with Crippen LogP contribution in [-0.2, 0) is 6.42 Å². The fourth-order valence-corrected chi connectivity index (χ4v) is 3.74. The molecule has 2 heterocycles. The molecule has 154 valence electrons. The number of rotatable bonds is 5. The maximum Gasteiger partial charge on any atom is 0.133 e. The standard InChI is InChI=1S/C25H27FN4/c1-3-18-14-17(2)9-10-22(18)28-12-5-6-19-15-20-23(29-19)7-4-8-24(20)30-25-11-13-27-16-21(25)26/h4,7-10,14-15,27-30H,3,11-13,16H2,1-2H3. The van der Waals surface area contributed by atoms with Gasteiger partial charge in [-0.15, -0.1) is 0 Å². The summed E-state index contributed by atoms with van der Waals surface area (Å²) in [5, 5.41) is 10.7. The molecule has 0 atom stereocenters. The SMILES string of the molecule is CCc1cc(C)ccc1NCC#Cc1cc2c(NC3=C(F)CNCC3)cccc2[nH]1. The van der Waals surface area contributed by atoms with Crippen LogP contribution in [0, 0.1) is 18.8 Å². The molecule has 4 nitrogen and oxygen atoms in total. The summed E-state index contributed by atoms with van der Waals surface area (Å²) in [6.07, 6.45) is 1.64. The number of H-pyrrole nitrogens is 1. The van der Waals surface area contributed by atoms with Crippen LogP contribution in [0.1, 0.15) is 30.2 Å². The minimum Gasteiger partial charge on any atom is -0.374 e. The van der Waals surface area contributed by atoms with Crippen molar-refractivity contribution in [3.8, 4) is 11.8 Å². The number of fused-ring (bicyclic) bond motifs is 1. The molecule has 0 fully saturated rings. The van der Waals surface area contributed by atoms with Crippen LogP contribution in [0.4, 0.5) is 15.8 Å². The van der Waals surface area contributed by atoms with E-state index in [0.717, 1.165) is 40.9 Å². The number of hydrogen-bond acceptors (Lipinski definition) is 3. The predicted molar refractivity (Wildman–Crippen MR) is 123 cm³/mol. The van der Waals surface area contributed by atoms with Crippen LogP contribution in [0.15, 0.2) is 54.0 Å². The number of benzene rings is 2. The number of nitrogens with one attached hydrogen (secondary N) is 4. The molecule has 0 bridgehead atoms. The summed E-state index contributed by atoms with van der Waals surface area (Å²) in [7, 11) is 0. The van der Waals surface area contributed by atoms with Crippen LogP contribution in [0.2, 0.25) is 0 Å². The smallest absolute Gasteiger partial charge is 0.133 e. The Morgan fingerprint density at radius 3 is 2.87 bits per heavy atom. The third kappa shape index (κ3) is 4.50. The zero-order valence-electron chi connectivity index (χ0n) is 17.5. The van der Waals surface area contributed by atoms with Crippen LogP contribution >= 0.6 is 0 Å². The fraction of sp³-hybridized carbons (Fsp3) is 0.280. The second-order valence-electron chi connectivity index (χ2n) is 7.55. The summed E-state index contributed by atoms with van der Waals surface area (Å²) in [6.45, 7) is 5.91. The minimum atomic E-state index is -0.123. The highest BCUT2D eigenvalue weighted by Crippen LogP contribution is 2.27. The second-order valence-corrected chi connectivity index (χ2v) is 7.55. The van der Waals surface area contributed by atoms with Crippen molar-refractivity contribution < 1.29 is 4.39 Å². The highest BCUT2D eigenvalue weighted by molar-refractivity contribution is 5.93. The van der Waals surface area contributed by atoms with Crippen molar-refractivity contribution >= 4 is 22.3 Å². The molecule has 4 rings (SSSR count). The molecule has 0 amide bonds. The van der Waals surface area contributed by atoms with E-state index >= 15 is 0 Å². The van der Waals surface area contributed by atoms with Crippen LogP contribution in [0.3, 0.4) is 0 Å². The Bertz CT molecular complexity index is 1150. The highest BCUT2D eigenvalue weighted by atomic mass is 19.1. The van der Waals surface area contributed by atoms with E-state index in [0.29, 0.717) is 18.7 Å². The summed E-state index contributed by atoms with van der Waals surface area (Å²) in [6, 6.07) is 14.4. The lowest BCUT2D eigenvalue weighted by Crippen LogP contribution is -2.26. The van der Waals surface area contributed by atoms with E-state index in [1.165, 1.54) is 11.1 Å². The van der Waals surface area contributed by atoms with Gasteiger partial charge in [0.05, 0.1) is 12.2 Å². The van der Waals surface area contributed by atoms with Gasteiger partial charge in [-0.2, -0.15) is 0 Å². The molecule has 1 aromatic heterocycles. The van der Waals surface area contributed by atoms with Crippen LogP contribution in [0.25, 0.3) is 10.9 Å². The molecular formula is C25H27FN4. The van der Waals surface area contributed by atoms with Gasteiger partial charge in [0, 0.05) is 47.5 Å². The Morgan fingerprint density at radius 1 is 1.13 bits per heavy atom. The minimum absolute atomic E-state index is 0.123. The van der Waals surface area contributed by atoms with Gasteiger partial charge in [-0.05, 0) is 49.1 Å². The Kier molecular flexibility index (Phi) is 6.06. The van der Waals surface area contributed by atoms with E-state index in [1.807, 2.05) is 24.3 Å². The summed E-state index contributed by atoms with van der Waals surface area (Å²) in [4.78, 5) is 3.35. The topological polar surface area (TPSA) is 51.9 Å². The van der Waals surface area contributed by atoms with E-state index in [1.54, 1.807) is 0 Å². The van der Waals surface area contributed by atoms with Crippen LogP contribution < -0.4 is 16.0 Å². The van der Waals surface area contributed by atoms with Gasteiger partial charge >= 0.3 is 0 Å². The largest absolute Gasteiger partial charge is 0.374 e. The van der Waals surface area contributed by atoms with Crippen molar-refractivity contribution in [3.63, 3.8) is 0 Å². The molecule has 0 aliphatic carbocycles. The fourth-order valence-electron chi connectivity index (χ4n) is 3.74. The summed E-state index contributed by atoms with van der Waals surface area (Å²) in [5.41, 5.74) is 7.10. The maximum atomic E-state index is 14.1. The second kappa shape index (κ2) is 9.06. The van der Waals surface area contributed by atoms with Crippen molar-refractivity contribution in [2.45, 2.75) is 26.7 Å². The molecular weight excluding hydrogens is 375 g/mol. The Hall–Kier alpha value is -3.23. The lowest BCUT2D eigenvalue weighted by molar-refractivity contribution is 0.527. The molecule has 0 saturated carbocycles. The number of hydrogen-bond donors (Lipinski definition) is 4. The van der Waals surface area contributed by atoms with Crippen molar-refractivity contribution in [1.82, 2.24) is 10.3 Å². The number of aromatic nitrogens is 1. The summed E-state index contributed by atoms with van der Waals surface area (Å²) >= 11 is 0. The van der Waals surface area contributed by atoms with Gasteiger partial charge in [-0.25, -0.2) is 4.39 Å². The number of aryl methyl sites for hydroxylation is 2. The molecule has 30 heavy (non-hydrogen) atoms. The molecule has 1 aliphatic heterocycles. The first-order chi connectivity index (χ1) is 14.6. The molecule has 0 radical (unpaired) electrons. The third-order valence-corrected chi connectivity index (χ3v) is 5.34. The van der Waals surface area contributed by atoms with E-state index in [9.17, 15) is 4.39 Å². The average Bonchev–Trinajstić information content (AvgIpc) is 3.17. The maximum absolute atomic E-state index is 14.1. The highest BCUT2D eigenvalue weighted by Gasteiger charge is 2.13. The molecule has 0 saturated heterocycles. The van der Waals surface area contributed by atoms with E-state index in [2.05, 4.69) is 64.8 Å². The molecule has 3 aromatic rings. The van der Waals surface area contributed by atoms with E-state index < -0.39 is 0 Å². The molecule has 4 N–H and O–H groups in total. The molecule has 2 aromatic carbocycles. The van der Waals surface area contributed by atoms with Gasteiger partial charge in [0.2, 0.25) is 0 Å². The Labute approximate surface area is 177 Å². The zero-order chi connectivity index (χ0) is 20.9. The van der Waals surface area contributed by atoms with Gasteiger partial charge in [0.25, 0.3) is 0 Å². The first-order valence-corrected chi connectivity index (χ1v) is 10.4. The summed E-state index contributed by atoms with van der Waals surface area (Å²) < 4.78 is 14.1. The number of aromatic amines is 1. The normalized spacial score (nSPS) is 13.8. The first kappa shape index (κ1) is 20.1. The number of anilines is 2. The zero-order valence-corrected chi connectivity index (χ0v) is 17.5. The Morgan fingerprint density at radius 2 is 2.03 bits per heavy atom. The van der Waals surface area contributed by atoms with Gasteiger partial charge in [0.15, 0.2) is 0 Å². The van der Waals surface area contributed by atoms with Crippen molar-refractivity contribution in [2.24, 2.45) is 0 Å². The predicted octanol–water partition coefficient (Wildman–Crippen LogP) is 5.09. The molecule has 0 spiro atoms. The lowest BCUT2D eigenvalue weighted by Gasteiger charge is -2.18. The summed E-state index contributed by atoms with van der Waals surface area (Å²) in [5.74, 6) is 6.27. The van der Waals surface area contributed by atoms with Gasteiger partial charge in [0.1, 0.15) is 5.83 Å². The Balaban J connectivity index is 1.49. The van der Waals surface area contributed by atoms with Crippen LogP contribution in [-0.4, -0.2) is 24.6 Å². The average molecular weight is 403 g/mol. The monoisotopic (exact) mass is 402 g/mol. The van der Waals surface area contributed by atoms with Crippen molar-refractivity contribution in [1.29, 1.82) is 0 Å². The van der Waals surface area contributed by atoms with Crippen LogP contribution in [0.5, 0.6) is 0 Å².